The first-order valence-electron chi connectivity index (χ1n) is 10.3. The third kappa shape index (κ3) is 4.84. The predicted molar refractivity (Wildman–Crippen MR) is 121 cm³/mol. The summed E-state index contributed by atoms with van der Waals surface area (Å²) in [5.74, 6) is -1.14. The van der Waals surface area contributed by atoms with Crippen LogP contribution in [-0.2, 0) is 34.5 Å². The maximum Gasteiger partial charge on any atom is 0.337 e. The van der Waals surface area contributed by atoms with E-state index in [1.807, 2.05) is 0 Å². The van der Waals surface area contributed by atoms with Gasteiger partial charge in [0, 0.05) is 26.2 Å². The highest BCUT2D eigenvalue weighted by molar-refractivity contribution is 7.89. The minimum absolute atomic E-state index is 0.0169. The zero-order valence-corrected chi connectivity index (χ0v) is 19.1. The van der Waals surface area contributed by atoms with Gasteiger partial charge in [0.2, 0.25) is 15.9 Å². The van der Waals surface area contributed by atoms with Crippen molar-refractivity contribution in [3.63, 3.8) is 0 Å². The number of rotatable bonds is 8. The Morgan fingerprint density at radius 3 is 1.79 bits per heavy atom. The third-order valence-corrected chi connectivity index (χ3v) is 7.26. The van der Waals surface area contributed by atoms with Gasteiger partial charge in [0.1, 0.15) is 12.4 Å². The Balaban J connectivity index is 1.79. The van der Waals surface area contributed by atoms with E-state index in [9.17, 15) is 32.0 Å². The number of aromatic nitrogens is 3. The molecule has 2 heterocycles. The van der Waals surface area contributed by atoms with E-state index in [1.165, 1.54) is 33.5 Å². The van der Waals surface area contributed by atoms with Crippen LogP contribution in [0.2, 0.25) is 0 Å². The molecule has 1 saturated heterocycles. The Labute approximate surface area is 194 Å². The highest BCUT2D eigenvalue weighted by Gasteiger charge is 2.30. The molecule has 1 fully saturated rings. The number of nitrogens with zero attached hydrogens (tertiary/aromatic N) is 5. The maximum atomic E-state index is 13.1. The standard InChI is InChI=1S/C21H24FN5O6S/c1-3-9-25-19(29)26(10-4-2)21(31)27(20(25)30)15-18(28)23-11-13-24(14-12-23)34(32,33)17-7-5-16(22)6-8-17/h3-8H,1-2,9-15H2. The summed E-state index contributed by atoms with van der Waals surface area (Å²) in [5.41, 5.74) is -2.72. The molecule has 3 rings (SSSR count). The lowest BCUT2D eigenvalue weighted by atomic mass is 10.3. The first-order chi connectivity index (χ1) is 16.1. The number of sulfonamides is 1. The first kappa shape index (κ1) is 25.1. The second kappa shape index (κ2) is 10.1. The number of halogens is 1. The molecule has 0 bridgehead atoms. The van der Waals surface area contributed by atoms with E-state index in [-0.39, 0.29) is 44.2 Å². The van der Waals surface area contributed by atoms with Crippen LogP contribution in [0.4, 0.5) is 4.39 Å². The summed E-state index contributed by atoms with van der Waals surface area (Å²) >= 11 is 0. The lowest BCUT2D eigenvalue weighted by Crippen LogP contribution is -2.57. The lowest BCUT2D eigenvalue weighted by Gasteiger charge is -2.34. The van der Waals surface area contributed by atoms with Crippen molar-refractivity contribution in [2.75, 3.05) is 26.2 Å². The zero-order valence-electron chi connectivity index (χ0n) is 18.3. The zero-order chi connectivity index (χ0) is 25.0. The molecule has 0 atom stereocenters. The van der Waals surface area contributed by atoms with E-state index in [4.69, 9.17) is 0 Å². The fourth-order valence-electron chi connectivity index (χ4n) is 3.56. The summed E-state index contributed by atoms with van der Waals surface area (Å²) in [7, 11) is -3.87. The Morgan fingerprint density at radius 1 is 0.853 bits per heavy atom. The smallest absolute Gasteiger partial charge is 0.337 e. The van der Waals surface area contributed by atoms with Crippen molar-refractivity contribution in [1.82, 2.24) is 22.9 Å². The molecule has 0 N–H and O–H groups in total. The number of allylic oxidation sites excluding steroid dienone is 2. The Morgan fingerprint density at radius 2 is 1.32 bits per heavy atom. The molecule has 2 aromatic rings. The van der Waals surface area contributed by atoms with Crippen LogP contribution in [0.25, 0.3) is 0 Å². The molecule has 13 heteroatoms. The van der Waals surface area contributed by atoms with Gasteiger partial charge in [0.25, 0.3) is 0 Å². The number of carbonyl (C=O) groups is 1. The summed E-state index contributed by atoms with van der Waals surface area (Å²) in [5, 5.41) is 0. The van der Waals surface area contributed by atoms with Crippen LogP contribution in [-0.4, -0.2) is 63.4 Å². The van der Waals surface area contributed by atoms with Crippen molar-refractivity contribution in [2.45, 2.75) is 24.5 Å². The number of benzene rings is 1. The molecule has 1 aromatic heterocycles. The van der Waals surface area contributed by atoms with Gasteiger partial charge in [-0.15, -0.1) is 13.2 Å². The SMILES string of the molecule is C=CCn1c(=O)n(CC=C)c(=O)n(CC(=O)N2CCN(S(=O)(=O)c3ccc(F)cc3)CC2)c1=O. The van der Waals surface area contributed by atoms with Crippen molar-refractivity contribution < 1.29 is 17.6 Å². The highest BCUT2D eigenvalue weighted by Crippen LogP contribution is 2.18. The maximum absolute atomic E-state index is 13.1. The normalized spacial score (nSPS) is 14.7. The topological polar surface area (TPSA) is 124 Å². The van der Waals surface area contributed by atoms with Gasteiger partial charge in [-0.2, -0.15) is 4.31 Å². The van der Waals surface area contributed by atoms with Gasteiger partial charge in [-0.25, -0.2) is 40.9 Å². The molecule has 1 aliphatic rings. The monoisotopic (exact) mass is 493 g/mol. The summed E-state index contributed by atoms with van der Waals surface area (Å²) in [4.78, 5) is 51.9. The fourth-order valence-corrected chi connectivity index (χ4v) is 4.98. The predicted octanol–water partition coefficient (Wildman–Crippen LogP) is -0.784. The highest BCUT2D eigenvalue weighted by atomic mass is 32.2. The van der Waals surface area contributed by atoms with Gasteiger partial charge in [-0.1, -0.05) is 12.2 Å². The Hall–Kier alpha value is -3.58. The van der Waals surface area contributed by atoms with Crippen molar-refractivity contribution in [3.05, 3.63) is 86.8 Å². The molecule has 0 saturated carbocycles. The van der Waals surface area contributed by atoms with Gasteiger partial charge >= 0.3 is 17.1 Å². The minimum atomic E-state index is -3.87. The second-order valence-corrected chi connectivity index (χ2v) is 9.41. The van der Waals surface area contributed by atoms with Gasteiger partial charge in [0.15, 0.2) is 0 Å². The van der Waals surface area contributed by atoms with Gasteiger partial charge in [0.05, 0.1) is 18.0 Å². The molecule has 34 heavy (non-hydrogen) atoms. The van der Waals surface area contributed by atoms with Crippen LogP contribution in [0.5, 0.6) is 0 Å². The summed E-state index contributed by atoms with van der Waals surface area (Å²) < 4.78 is 42.0. The van der Waals surface area contributed by atoms with Crippen molar-refractivity contribution in [2.24, 2.45) is 0 Å². The van der Waals surface area contributed by atoms with Crippen molar-refractivity contribution >= 4 is 15.9 Å². The largest absolute Gasteiger partial charge is 0.338 e. The molecule has 0 radical (unpaired) electrons. The van der Waals surface area contributed by atoms with Crippen molar-refractivity contribution in [3.8, 4) is 0 Å². The Kier molecular flexibility index (Phi) is 7.47. The second-order valence-electron chi connectivity index (χ2n) is 7.47. The molecule has 1 aromatic carbocycles. The lowest BCUT2D eigenvalue weighted by molar-refractivity contribution is -0.133. The van der Waals surface area contributed by atoms with Gasteiger partial charge in [-0.3, -0.25) is 4.79 Å². The molecule has 11 nitrogen and oxygen atoms in total. The van der Waals surface area contributed by atoms with E-state index in [0.29, 0.717) is 4.57 Å². The number of amides is 1. The van der Waals surface area contributed by atoms with Crippen LogP contribution in [0.15, 0.2) is 68.9 Å². The van der Waals surface area contributed by atoms with E-state index in [0.717, 1.165) is 21.3 Å². The molecule has 182 valence electrons. The first-order valence-corrected chi connectivity index (χ1v) is 11.8. The van der Waals surface area contributed by atoms with Gasteiger partial charge < -0.3 is 4.90 Å². The van der Waals surface area contributed by atoms with E-state index in [2.05, 4.69) is 13.2 Å². The minimum Gasteiger partial charge on any atom is -0.338 e. The summed E-state index contributed by atoms with van der Waals surface area (Å²) in [6, 6.07) is 4.44. The molecular formula is C21H24FN5O6S. The van der Waals surface area contributed by atoms with Crippen LogP contribution in [0.3, 0.4) is 0 Å². The van der Waals surface area contributed by atoms with E-state index >= 15 is 0 Å². The number of carbonyl (C=O) groups excluding carboxylic acids is 1. The third-order valence-electron chi connectivity index (χ3n) is 5.34. The van der Waals surface area contributed by atoms with Gasteiger partial charge in [-0.05, 0) is 24.3 Å². The quantitative estimate of drug-likeness (QED) is 0.445. The Bertz CT molecular complexity index is 1330. The average molecular weight is 494 g/mol. The van der Waals surface area contributed by atoms with E-state index in [1.54, 1.807) is 0 Å². The van der Waals surface area contributed by atoms with Crippen LogP contribution < -0.4 is 17.1 Å². The summed E-state index contributed by atoms with van der Waals surface area (Å²) in [6.07, 6.45) is 2.64. The molecule has 0 aliphatic carbocycles. The number of hydrogen-bond acceptors (Lipinski definition) is 6. The number of piperazine rings is 1. The molecule has 1 aliphatic heterocycles. The van der Waals surface area contributed by atoms with E-state index < -0.39 is 45.4 Å². The fraction of sp³-hybridized carbons (Fsp3) is 0.333. The van der Waals surface area contributed by atoms with Crippen LogP contribution >= 0.6 is 0 Å². The molecule has 0 unspecified atom stereocenters. The molecule has 0 spiro atoms. The van der Waals surface area contributed by atoms with Crippen molar-refractivity contribution in [1.29, 1.82) is 0 Å². The van der Waals surface area contributed by atoms with Crippen LogP contribution in [0.1, 0.15) is 0 Å². The molecular weight excluding hydrogens is 469 g/mol. The average Bonchev–Trinajstić information content (AvgIpc) is 2.82. The number of hydrogen-bond donors (Lipinski definition) is 0. The van der Waals surface area contributed by atoms with Crippen LogP contribution in [0, 0.1) is 5.82 Å². The summed E-state index contributed by atoms with van der Waals surface area (Å²) in [6.45, 7) is 6.09. The molecule has 1 amide bonds.